The molecule has 0 saturated heterocycles. The summed E-state index contributed by atoms with van der Waals surface area (Å²) < 4.78 is 17.3. The van der Waals surface area contributed by atoms with Crippen molar-refractivity contribution in [1.29, 1.82) is 0 Å². The molecule has 0 aromatic heterocycles. The van der Waals surface area contributed by atoms with Crippen LogP contribution >= 0.6 is 0 Å². The molecule has 0 fully saturated rings. The third kappa shape index (κ3) is 10.6. The Hall–Kier alpha value is -1.95. The zero-order valence-corrected chi connectivity index (χ0v) is 20.2. The number of carbonyl (C=O) groups excluding carboxylic acids is 1. The summed E-state index contributed by atoms with van der Waals surface area (Å²) in [6, 6.07) is 23.6. The van der Waals surface area contributed by atoms with Crippen molar-refractivity contribution < 1.29 is 28.9 Å². The van der Waals surface area contributed by atoms with Gasteiger partial charge >= 0.3 is 81.0 Å². The Kier molecular flexibility index (Phi) is 12.4. The molecular weight excluding hydrogens is 579 g/mol. The molecule has 8 heteroatoms. The Morgan fingerprint density at radius 2 is 1.33 bits per heavy atom. The van der Waals surface area contributed by atoms with Gasteiger partial charge in [-0.1, -0.05) is 66.7 Å². The number of carboxylic acid groups (broad SMARTS) is 1. The van der Waals surface area contributed by atoms with E-state index in [0.29, 0.717) is 30.3 Å². The minimum absolute atomic E-state index is 0. The molecule has 0 spiro atoms. The van der Waals surface area contributed by atoms with Gasteiger partial charge in [0, 0.05) is 6.42 Å². The van der Waals surface area contributed by atoms with Gasteiger partial charge in [0.1, 0.15) is 24.9 Å². The zero-order valence-electron chi connectivity index (χ0n) is 20.2. The van der Waals surface area contributed by atoms with Crippen LogP contribution in [-0.4, -0.2) is 97.7 Å². The number of hydrogen-bond acceptors (Lipinski definition) is 5. The van der Waals surface area contributed by atoms with E-state index in [1.165, 1.54) is 0 Å². The molecule has 2 N–H and O–H groups in total. The van der Waals surface area contributed by atoms with E-state index in [0.717, 1.165) is 11.1 Å². The molecule has 0 heterocycles. The van der Waals surface area contributed by atoms with Crippen molar-refractivity contribution in [2.75, 3.05) is 0 Å². The van der Waals surface area contributed by atoms with Crippen molar-refractivity contribution in [2.45, 2.75) is 52.0 Å². The fourth-order valence-electron chi connectivity index (χ4n) is 3.27. The van der Waals surface area contributed by atoms with E-state index >= 15 is 0 Å². The van der Waals surface area contributed by atoms with Crippen LogP contribution in [0.2, 0.25) is 0 Å². The zero-order chi connectivity index (χ0) is 25.3. The van der Waals surface area contributed by atoms with Gasteiger partial charge < -0.3 is 24.6 Å². The standard InChI is InChI=1S/C28H31NO6.Cs.H/c1-28(2,3)35-27(32)29-23(26(30)31)16-22-14-15-24(33-18-20-10-6-4-7-11-20)25(17-22)34-19-21-12-8-5-9-13-21;;/h4-15,17,23H,16,18-19H2,1-3H3,(H,29,32)(H,30,31);;/t23-;;/m0../s1. The summed E-state index contributed by atoms with van der Waals surface area (Å²) in [6.45, 7) is 5.83. The maximum atomic E-state index is 12.1. The molecule has 0 radical (unpaired) electrons. The number of benzene rings is 3. The number of ether oxygens (including phenoxy) is 3. The summed E-state index contributed by atoms with van der Waals surface area (Å²) in [5.74, 6) is -0.129. The minimum atomic E-state index is -1.16. The Balaban J connectivity index is 0.00000456. The Bertz CT molecular complexity index is 1120. The molecule has 3 rings (SSSR count). The van der Waals surface area contributed by atoms with E-state index in [9.17, 15) is 14.7 Å². The fraction of sp³-hybridized carbons (Fsp3) is 0.286. The van der Waals surface area contributed by atoms with Crippen LogP contribution in [0.1, 0.15) is 37.5 Å². The monoisotopic (exact) mass is 611 g/mol. The van der Waals surface area contributed by atoms with Gasteiger partial charge in [-0.2, -0.15) is 0 Å². The van der Waals surface area contributed by atoms with Crippen LogP contribution in [0.4, 0.5) is 4.79 Å². The van der Waals surface area contributed by atoms with Crippen molar-refractivity contribution in [2.24, 2.45) is 0 Å². The van der Waals surface area contributed by atoms with Crippen LogP contribution in [0.5, 0.6) is 11.5 Å². The first-order valence-electron chi connectivity index (χ1n) is 11.4. The molecule has 1 amide bonds. The van der Waals surface area contributed by atoms with E-state index in [4.69, 9.17) is 14.2 Å². The van der Waals surface area contributed by atoms with Crippen molar-refractivity contribution in [3.8, 4) is 11.5 Å². The van der Waals surface area contributed by atoms with E-state index in [-0.39, 0.29) is 75.3 Å². The number of hydrogen-bond donors (Lipinski definition) is 2. The second-order valence-corrected chi connectivity index (χ2v) is 9.07. The molecule has 0 saturated carbocycles. The number of carboxylic acids is 1. The van der Waals surface area contributed by atoms with Gasteiger partial charge in [-0.15, -0.1) is 0 Å². The first kappa shape index (κ1) is 30.3. The van der Waals surface area contributed by atoms with Crippen LogP contribution in [0, 0.1) is 0 Å². The molecule has 0 bridgehead atoms. The van der Waals surface area contributed by atoms with Crippen molar-refractivity contribution in [3.05, 3.63) is 95.6 Å². The number of aliphatic carboxylic acids is 1. The summed E-state index contributed by atoms with van der Waals surface area (Å²) >= 11 is 0. The summed E-state index contributed by atoms with van der Waals surface area (Å²) in [4.78, 5) is 23.9. The van der Waals surface area contributed by atoms with E-state index in [2.05, 4.69) is 5.32 Å². The van der Waals surface area contributed by atoms with Crippen LogP contribution in [0.15, 0.2) is 78.9 Å². The average Bonchev–Trinajstić information content (AvgIpc) is 2.81. The second kappa shape index (κ2) is 14.7. The van der Waals surface area contributed by atoms with E-state index in [1.807, 2.05) is 60.7 Å². The summed E-state index contributed by atoms with van der Waals surface area (Å²) in [7, 11) is 0. The quantitative estimate of drug-likeness (QED) is 0.345. The van der Waals surface area contributed by atoms with Gasteiger partial charge in [0.2, 0.25) is 0 Å². The Labute approximate surface area is 271 Å². The third-order valence-corrected chi connectivity index (χ3v) is 4.91. The van der Waals surface area contributed by atoms with Crippen LogP contribution in [0.3, 0.4) is 0 Å². The molecule has 3 aromatic rings. The normalized spacial score (nSPS) is 11.5. The van der Waals surface area contributed by atoms with Crippen LogP contribution in [0.25, 0.3) is 0 Å². The van der Waals surface area contributed by atoms with Crippen molar-refractivity contribution in [1.82, 2.24) is 5.32 Å². The predicted molar refractivity (Wildman–Crippen MR) is 140 cm³/mol. The van der Waals surface area contributed by atoms with Gasteiger partial charge in [-0.3, -0.25) is 0 Å². The number of nitrogens with one attached hydrogen (secondary N) is 1. The van der Waals surface area contributed by atoms with E-state index in [1.54, 1.807) is 39.0 Å². The van der Waals surface area contributed by atoms with Crippen LogP contribution in [-0.2, 0) is 29.2 Å². The Morgan fingerprint density at radius 1 is 0.806 bits per heavy atom. The van der Waals surface area contributed by atoms with E-state index < -0.39 is 23.7 Å². The molecule has 36 heavy (non-hydrogen) atoms. The van der Waals surface area contributed by atoms with Crippen molar-refractivity contribution in [3.63, 3.8) is 0 Å². The average molecular weight is 611 g/mol. The van der Waals surface area contributed by atoms with Gasteiger partial charge in [0.05, 0.1) is 0 Å². The number of carbonyl (C=O) groups is 2. The molecular formula is C28H32CsNO6. The SMILES string of the molecule is CC(C)(C)OC(=O)N[C@@H](Cc1ccc(OCc2ccccc2)c(OCc2ccccc2)c1)C(=O)O.[CsH]. The van der Waals surface area contributed by atoms with Crippen LogP contribution < -0.4 is 14.8 Å². The van der Waals surface area contributed by atoms with Gasteiger partial charge in [0.15, 0.2) is 11.5 Å². The van der Waals surface area contributed by atoms with Crippen molar-refractivity contribution >= 4 is 81.0 Å². The fourth-order valence-corrected chi connectivity index (χ4v) is 3.27. The number of rotatable bonds is 10. The summed E-state index contributed by atoms with van der Waals surface area (Å²) in [6.07, 6.45) is -0.733. The summed E-state index contributed by atoms with van der Waals surface area (Å²) in [5, 5.41) is 12.1. The number of amides is 1. The third-order valence-electron chi connectivity index (χ3n) is 4.91. The van der Waals surface area contributed by atoms with Gasteiger partial charge in [-0.25, -0.2) is 9.59 Å². The molecule has 186 valence electrons. The maximum absolute atomic E-state index is 12.1. The van der Waals surface area contributed by atoms with Gasteiger partial charge in [0.25, 0.3) is 0 Å². The molecule has 7 nitrogen and oxygen atoms in total. The molecule has 0 unspecified atom stereocenters. The molecule has 3 aromatic carbocycles. The molecule has 0 aliphatic rings. The second-order valence-electron chi connectivity index (χ2n) is 9.07. The first-order chi connectivity index (χ1) is 16.7. The topological polar surface area (TPSA) is 94.1 Å². The Morgan fingerprint density at radius 3 is 1.83 bits per heavy atom. The predicted octanol–water partition coefficient (Wildman–Crippen LogP) is 4.72. The molecule has 0 aliphatic carbocycles. The molecule has 0 aliphatic heterocycles. The van der Waals surface area contributed by atoms with Gasteiger partial charge in [-0.05, 0) is 49.6 Å². The first-order valence-corrected chi connectivity index (χ1v) is 11.4. The number of alkyl carbamates (subject to hydrolysis) is 1. The summed E-state index contributed by atoms with van der Waals surface area (Å²) in [5.41, 5.74) is 1.94. The molecule has 1 atom stereocenters.